The zero-order chi connectivity index (χ0) is 23.0. The Morgan fingerprint density at radius 3 is 2.52 bits per heavy atom. The molecule has 2 heterocycles. The van der Waals surface area contributed by atoms with E-state index in [1.165, 1.54) is 0 Å². The molecule has 4 rings (SSSR count). The number of nitrogens with one attached hydrogen (secondary N) is 1. The largest absolute Gasteiger partial charge is 0.490 e. The van der Waals surface area contributed by atoms with Gasteiger partial charge in [-0.05, 0) is 49.2 Å². The van der Waals surface area contributed by atoms with Crippen LogP contribution in [0.1, 0.15) is 27.2 Å². The summed E-state index contributed by atoms with van der Waals surface area (Å²) in [5.74, 6) is 1.14. The first kappa shape index (κ1) is 22.1. The Morgan fingerprint density at radius 2 is 1.76 bits per heavy atom. The summed E-state index contributed by atoms with van der Waals surface area (Å²) in [7, 11) is 0. The summed E-state index contributed by atoms with van der Waals surface area (Å²) in [5.41, 5.74) is 4.28. The van der Waals surface area contributed by atoms with E-state index in [4.69, 9.17) is 9.47 Å². The average Bonchev–Trinajstić information content (AvgIpc) is 3.23. The van der Waals surface area contributed by atoms with E-state index < -0.39 is 0 Å². The number of hydrogen-bond acceptors (Lipinski definition) is 5. The molecule has 7 heteroatoms. The lowest BCUT2D eigenvalue weighted by Gasteiger charge is -2.09. The molecule has 0 aliphatic rings. The summed E-state index contributed by atoms with van der Waals surface area (Å²) < 4.78 is 13.0. The van der Waals surface area contributed by atoms with Crippen LogP contribution < -0.4 is 14.8 Å². The lowest BCUT2D eigenvalue weighted by atomic mass is 10.2. The number of nitrogens with zero attached hydrogens (tertiary/aromatic N) is 3. The van der Waals surface area contributed by atoms with Crippen LogP contribution in [0.25, 0.3) is 5.69 Å². The van der Waals surface area contributed by atoms with E-state index in [1.54, 1.807) is 23.1 Å². The molecule has 0 unspecified atom stereocenters. The van der Waals surface area contributed by atoms with E-state index in [0.717, 1.165) is 28.3 Å². The zero-order valence-corrected chi connectivity index (χ0v) is 18.7. The van der Waals surface area contributed by atoms with Gasteiger partial charge in [0.1, 0.15) is 19.0 Å². The molecule has 33 heavy (non-hydrogen) atoms. The third-order valence-corrected chi connectivity index (χ3v) is 5.10. The smallest absolute Gasteiger partial charge is 0.255 e. The van der Waals surface area contributed by atoms with Crippen LogP contribution in [0.3, 0.4) is 0 Å². The summed E-state index contributed by atoms with van der Waals surface area (Å²) in [4.78, 5) is 17.0. The third-order valence-electron chi connectivity index (χ3n) is 5.10. The Labute approximate surface area is 193 Å². The molecule has 0 bridgehead atoms. The highest BCUT2D eigenvalue weighted by atomic mass is 16.5. The minimum absolute atomic E-state index is 0.176. The standard InChI is InChI=1S/C26H26N4O3/c1-19-7-6-8-22(15-19)30-20(2)24(18-29-30)26(31)28-17-21-11-12-25(27-16-21)33-14-13-32-23-9-4-3-5-10-23/h3-12,15-16,18H,13-14,17H2,1-2H3,(H,28,31). The van der Waals surface area contributed by atoms with Gasteiger partial charge in [0.15, 0.2) is 0 Å². The maximum absolute atomic E-state index is 12.7. The summed E-state index contributed by atoms with van der Waals surface area (Å²) in [6.45, 7) is 5.10. The van der Waals surface area contributed by atoms with Gasteiger partial charge in [-0.25, -0.2) is 9.67 Å². The Bertz CT molecular complexity index is 1200. The van der Waals surface area contributed by atoms with Gasteiger partial charge < -0.3 is 14.8 Å². The number of ether oxygens (including phenoxy) is 2. The van der Waals surface area contributed by atoms with E-state index >= 15 is 0 Å². The molecular weight excluding hydrogens is 416 g/mol. The van der Waals surface area contributed by atoms with Crippen LogP contribution in [-0.4, -0.2) is 33.9 Å². The van der Waals surface area contributed by atoms with Crippen molar-refractivity contribution in [3.8, 4) is 17.3 Å². The summed E-state index contributed by atoms with van der Waals surface area (Å²) in [5, 5.41) is 7.32. The number of benzene rings is 2. The summed E-state index contributed by atoms with van der Waals surface area (Å²) in [6.07, 6.45) is 3.29. The molecule has 1 N–H and O–H groups in total. The molecule has 0 atom stereocenters. The quantitative estimate of drug-likeness (QED) is 0.392. The molecule has 1 amide bonds. The van der Waals surface area contributed by atoms with Crippen molar-refractivity contribution in [2.45, 2.75) is 20.4 Å². The Kier molecular flexibility index (Phi) is 6.99. The van der Waals surface area contributed by atoms with Crippen LogP contribution in [0.4, 0.5) is 0 Å². The molecule has 0 aliphatic carbocycles. The van der Waals surface area contributed by atoms with Crippen LogP contribution in [0.5, 0.6) is 11.6 Å². The second kappa shape index (κ2) is 10.5. The number of hydrogen-bond donors (Lipinski definition) is 1. The number of carbonyl (C=O) groups is 1. The number of para-hydroxylation sites is 1. The predicted octanol–water partition coefficient (Wildman–Crippen LogP) is 4.27. The van der Waals surface area contributed by atoms with Gasteiger partial charge in [-0.3, -0.25) is 4.79 Å². The molecular formula is C26H26N4O3. The van der Waals surface area contributed by atoms with E-state index in [-0.39, 0.29) is 5.91 Å². The number of aromatic nitrogens is 3. The molecule has 0 aliphatic heterocycles. The number of carbonyl (C=O) groups excluding carboxylic acids is 1. The second-order valence-corrected chi connectivity index (χ2v) is 7.59. The maximum Gasteiger partial charge on any atom is 0.255 e. The predicted molar refractivity (Wildman–Crippen MR) is 126 cm³/mol. The van der Waals surface area contributed by atoms with Crippen LogP contribution >= 0.6 is 0 Å². The van der Waals surface area contributed by atoms with Crippen LogP contribution in [-0.2, 0) is 6.54 Å². The molecule has 0 saturated carbocycles. The summed E-state index contributed by atoms with van der Waals surface area (Å²) >= 11 is 0. The van der Waals surface area contributed by atoms with E-state index in [1.807, 2.05) is 74.5 Å². The fraction of sp³-hybridized carbons (Fsp3) is 0.192. The second-order valence-electron chi connectivity index (χ2n) is 7.59. The molecule has 2 aromatic heterocycles. The number of aryl methyl sites for hydroxylation is 1. The fourth-order valence-electron chi connectivity index (χ4n) is 3.35. The Hall–Kier alpha value is -4.13. The van der Waals surface area contributed by atoms with Crippen LogP contribution in [0.15, 0.2) is 79.1 Å². The number of pyridine rings is 1. The van der Waals surface area contributed by atoms with Crippen molar-refractivity contribution in [3.63, 3.8) is 0 Å². The average molecular weight is 443 g/mol. The molecule has 0 fully saturated rings. The van der Waals surface area contributed by atoms with E-state index in [0.29, 0.717) is 31.2 Å². The van der Waals surface area contributed by atoms with Crippen LogP contribution in [0.2, 0.25) is 0 Å². The van der Waals surface area contributed by atoms with Gasteiger partial charge in [0.2, 0.25) is 5.88 Å². The summed E-state index contributed by atoms with van der Waals surface area (Å²) in [6, 6.07) is 21.3. The highest BCUT2D eigenvalue weighted by Gasteiger charge is 2.15. The van der Waals surface area contributed by atoms with Gasteiger partial charge >= 0.3 is 0 Å². The van der Waals surface area contributed by atoms with E-state index in [9.17, 15) is 4.79 Å². The molecule has 2 aromatic carbocycles. The van der Waals surface area contributed by atoms with Crippen molar-refractivity contribution in [3.05, 3.63) is 102 Å². The SMILES string of the molecule is Cc1cccc(-n2ncc(C(=O)NCc3ccc(OCCOc4ccccc4)nc3)c2C)c1. The first-order valence-corrected chi connectivity index (χ1v) is 10.8. The normalized spacial score (nSPS) is 10.6. The van der Waals surface area contributed by atoms with Gasteiger partial charge in [-0.1, -0.05) is 36.4 Å². The minimum atomic E-state index is -0.176. The molecule has 0 spiro atoms. The third kappa shape index (κ3) is 5.77. The van der Waals surface area contributed by atoms with Gasteiger partial charge in [0.05, 0.1) is 23.1 Å². The number of rotatable bonds is 9. The first-order chi connectivity index (χ1) is 16.1. The van der Waals surface area contributed by atoms with Crippen molar-refractivity contribution in [1.82, 2.24) is 20.1 Å². The Balaban J connectivity index is 1.26. The van der Waals surface area contributed by atoms with Gasteiger partial charge in [0.25, 0.3) is 5.91 Å². The van der Waals surface area contributed by atoms with Crippen molar-refractivity contribution in [2.24, 2.45) is 0 Å². The minimum Gasteiger partial charge on any atom is -0.490 e. The highest BCUT2D eigenvalue weighted by molar-refractivity contribution is 5.95. The van der Waals surface area contributed by atoms with Crippen molar-refractivity contribution in [2.75, 3.05) is 13.2 Å². The molecule has 7 nitrogen and oxygen atoms in total. The maximum atomic E-state index is 12.7. The van der Waals surface area contributed by atoms with Crippen molar-refractivity contribution >= 4 is 5.91 Å². The monoisotopic (exact) mass is 442 g/mol. The van der Waals surface area contributed by atoms with Crippen LogP contribution in [0, 0.1) is 13.8 Å². The number of amides is 1. The highest BCUT2D eigenvalue weighted by Crippen LogP contribution is 2.16. The zero-order valence-electron chi connectivity index (χ0n) is 18.7. The lowest BCUT2D eigenvalue weighted by molar-refractivity contribution is 0.0950. The van der Waals surface area contributed by atoms with Gasteiger partial charge in [-0.2, -0.15) is 5.10 Å². The van der Waals surface area contributed by atoms with E-state index in [2.05, 4.69) is 15.4 Å². The van der Waals surface area contributed by atoms with Crippen molar-refractivity contribution < 1.29 is 14.3 Å². The topological polar surface area (TPSA) is 78.3 Å². The molecule has 4 aromatic rings. The lowest BCUT2D eigenvalue weighted by Crippen LogP contribution is -2.23. The van der Waals surface area contributed by atoms with Gasteiger partial charge in [0, 0.05) is 18.8 Å². The fourth-order valence-corrected chi connectivity index (χ4v) is 3.35. The molecule has 0 saturated heterocycles. The van der Waals surface area contributed by atoms with Gasteiger partial charge in [-0.15, -0.1) is 0 Å². The first-order valence-electron chi connectivity index (χ1n) is 10.8. The molecule has 168 valence electrons. The van der Waals surface area contributed by atoms with Crippen molar-refractivity contribution in [1.29, 1.82) is 0 Å². The Morgan fingerprint density at radius 1 is 0.939 bits per heavy atom. The molecule has 0 radical (unpaired) electrons.